The molecule has 12 heteroatoms. The minimum absolute atomic E-state index is 0.0277. The number of rotatable bonds is 7. The predicted molar refractivity (Wildman–Crippen MR) is 145 cm³/mol. The summed E-state index contributed by atoms with van der Waals surface area (Å²) < 4.78 is 12.7. The van der Waals surface area contributed by atoms with E-state index in [2.05, 4.69) is 35.8 Å². The standard InChI is InChI=1S/C26H32ClFN8O2/c27-22-16-30-25(32-20-3-4-21-17(14-20)15-29-24(21)37)34-23(22)31-19-6-11-36(12-7-19)26(38)33-18-2-1-9-35(10-5-18)13-8-28/h3-4,14-16,18-19H,1-2,5-13H2,(H,33,38)(H2,30,31,32,34). The fourth-order valence-electron chi connectivity index (χ4n) is 5.13. The van der Waals surface area contributed by atoms with E-state index >= 15 is 0 Å². The molecule has 0 aliphatic carbocycles. The Bertz CT molecular complexity index is 1200. The lowest BCUT2D eigenvalue weighted by atomic mass is 10.1. The Balaban J connectivity index is 1.11. The van der Waals surface area contributed by atoms with Crippen LogP contribution < -0.4 is 16.0 Å². The van der Waals surface area contributed by atoms with Crippen LogP contribution in [0.25, 0.3) is 0 Å². The molecule has 1 atom stereocenters. The number of carbonyl (C=O) groups is 2. The lowest BCUT2D eigenvalue weighted by Crippen LogP contribution is -2.49. The second-order valence-electron chi connectivity index (χ2n) is 9.89. The van der Waals surface area contributed by atoms with Crippen molar-refractivity contribution in [2.75, 3.05) is 50.0 Å². The zero-order chi connectivity index (χ0) is 26.5. The number of aromatic nitrogens is 2. The van der Waals surface area contributed by atoms with Crippen LogP contribution >= 0.6 is 11.6 Å². The van der Waals surface area contributed by atoms with E-state index in [9.17, 15) is 14.0 Å². The minimum Gasteiger partial charge on any atom is -0.366 e. The van der Waals surface area contributed by atoms with Gasteiger partial charge in [0.25, 0.3) is 5.91 Å². The highest BCUT2D eigenvalue weighted by atomic mass is 35.5. The van der Waals surface area contributed by atoms with E-state index in [0.717, 1.165) is 56.4 Å². The Labute approximate surface area is 226 Å². The summed E-state index contributed by atoms with van der Waals surface area (Å²) in [5, 5.41) is 10.2. The third-order valence-electron chi connectivity index (χ3n) is 7.28. The lowest BCUT2D eigenvalue weighted by molar-refractivity contribution is 0.101. The van der Waals surface area contributed by atoms with Crippen molar-refractivity contribution < 1.29 is 14.0 Å². The molecule has 10 nitrogen and oxygen atoms in total. The first-order chi connectivity index (χ1) is 18.5. The van der Waals surface area contributed by atoms with Crippen molar-refractivity contribution in [2.24, 2.45) is 4.99 Å². The maximum Gasteiger partial charge on any atom is 0.317 e. The molecule has 1 aromatic heterocycles. The van der Waals surface area contributed by atoms with Crippen LogP contribution in [0.15, 0.2) is 29.4 Å². The molecule has 0 bridgehead atoms. The number of anilines is 3. The van der Waals surface area contributed by atoms with Gasteiger partial charge in [0.1, 0.15) is 11.7 Å². The molecular formula is C26H32ClFN8O2. The zero-order valence-corrected chi connectivity index (χ0v) is 21.9. The fourth-order valence-corrected chi connectivity index (χ4v) is 5.27. The normalized spacial score (nSPS) is 20.2. The summed E-state index contributed by atoms with van der Waals surface area (Å²) in [4.78, 5) is 41.2. The Hall–Kier alpha value is -3.31. The van der Waals surface area contributed by atoms with Crippen LogP contribution in [-0.2, 0) is 0 Å². The van der Waals surface area contributed by atoms with E-state index in [-0.39, 0.29) is 30.7 Å². The van der Waals surface area contributed by atoms with Gasteiger partial charge in [-0.2, -0.15) is 4.98 Å². The highest BCUT2D eigenvalue weighted by Gasteiger charge is 2.26. The summed E-state index contributed by atoms with van der Waals surface area (Å²) in [6.45, 7) is 3.12. The molecule has 0 radical (unpaired) electrons. The van der Waals surface area contributed by atoms with Crippen LogP contribution in [0, 0.1) is 0 Å². The molecule has 2 aromatic rings. The van der Waals surface area contributed by atoms with Gasteiger partial charge < -0.3 is 25.8 Å². The molecule has 202 valence electrons. The molecule has 3 aliphatic heterocycles. The third kappa shape index (κ3) is 6.39. The number of piperidine rings is 1. The molecule has 0 spiro atoms. The number of carbonyl (C=O) groups excluding carboxylic acids is 2. The van der Waals surface area contributed by atoms with Gasteiger partial charge in [0.2, 0.25) is 5.95 Å². The van der Waals surface area contributed by atoms with E-state index in [4.69, 9.17) is 11.6 Å². The van der Waals surface area contributed by atoms with Gasteiger partial charge >= 0.3 is 6.03 Å². The third-order valence-corrected chi connectivity index (χ3v) is 7.55. The number of urea groups is 1. The van der Waals surface area contributed by atoms with Crippen LogP contribution in [0.4, 0.5) is 26.6 Å². The van der Waals surface area contributed by atoms with E-state index in [1.54, 1.807) is 24.5 Å². The number of alkyl halides is 1. The second kappa shape index (κ2) is 12.0. The summed E-state index contributed by atoms with van der Waals surface area (Å²) in [6.07, 6.45) is 7.36. The van der Waals surface area contributed by atoms with Gasteiger partial charge in [0, 0.05) is 55.7 Å². The summed E-state index contributed by atoms with van der Waals surface area (Å²) in [6, 6.07) is 5.56. The first kappa shape index (κ1) is 26.3. The Morgan fingerprint density at radius 2 is 1.92 bits per heavy atom. The van der Waals surface area contributed by atoms with Crippen molar-refractivity contribution in [3.05, 3.63) is 40.5 Å². The summed E-state index contributed by atoms with van der Waals surface area (Å²) in [5.41, 5.74) is 2.06. The minimum atomic E-state index is -0.328. The number of hydrogen-bond donors (Lipinski definition) is 3. The second-order valence-corrected chi connectivity index (χ2v) is 10.3. The number of aliphatic imine (C=N–C) groups is 1. The van der Waals surface area contributed by atoms with E-state index in [1.165, 1.54) is 0 Å². The predicted octanol–water partition coefficient (Wildman–Crippen LogP) is 3.86. The topological polar surface area (TPSA) is 115 Å². The van der Waals surface area contributed by atoms with Gasteiger partial charge in [0.05, 0.1) is 11.8 Å². The number of likely N-dealkylation sites (tertiary alicyclic amines) is 2. The van der Waals surface area contributed by atoms with Crippen LogP contribution in [-0.4, -0.2) is 89.4 Å². The summed E-state index contributed by atoms with van der Waals surface area (Å²) in [5.74, 6) is 0.667. The molecule has 3 amide bonds. The average Bonchev–Trinajstić information content (AvgIpc) is 3.14. The number of benzene rings is 1. The largest absolute Gasteiger partial charge is 0.366 e. The van der Waals surface area contributed by atoms with Gasteiger partial charge in [0.15, 0.2) is 5.82 Å². The number of fused-ring (bicyclic) bond motifs is 1. The number of halogens is 2. The molecule has 4 heterocycles. The summed E-state index contributed by atoms with van der Waals surface area (Å²) >= 11 is 6.37. The van der Waals surface area contributed by atoms with Crippen LogP contribution in [0.1, 0.15) is 48.0 Å². The SMILES string of the molecule is O=C1N=Cc2cc(Nc3ncc(Cl)c(NC4CCN(C(=O)NC5CCCN(CCF)CC5)CC4)n3)ccc21. The van der Waals surface area contributed by atoms with Crippen LogP contribution in [0.5, 0.6) is 0 Å². The average molecular weight is 543 g/mol. The van der Waals surface area contributed by atoms with Crippen molar-refractivity contribution in [1.82, 2.24) is 25.1 Å². The fraction of sp³-hybridized carbons (Fsp3) is 0.500. The Morgan fingerprint density at radius 1 is 1.11 bits per heavy atom. The van der Waals surface area contributed by atoms with Gasteiger partial charge in [-0.3, -0.25) is 4.79 Å². The number of hydrogen-bond acceptors (Lipinski definition) is 7. The van der Waals surface area contributed by atoms with Gasteiger partial charge in [-0.05, 0) is 56.8 Å². The quantitative estimate of drug-likeness (QED) is 0.486. The summed E-state index contributed by atoms with van der Waals surface area (Å²) in [7, 11) is 0. The Kier molecular flexibility index (Phi) is 8.33. The van der Waals surface area contributed by atoms with E-state index in [1.807, 2.05) is 11.0 Å². The molecule has 2 saturated heterocycles. The van der Waals surface area contributed by atoms with Gasteiger partial charge in [-0.25, -0.2) is 19.2 Å². The van der Waals surface area contributed by atoms with Crippen molar-refractivity contribution in [1.29, 1.82) is 0 Å². The number of amides is 3. The monoisotopic (exact) mass is 542 g/mol. The molecular weight excluding hydrogens is 511 g/mol. The highest BCUT2D eigenvalue weighted by Crippen LogP contribution is 2.26. The smallest absolute Gasteiger partial charge is 0.317 e. The van der Waals surface area contributed by atoms with Gasteiger partial charge in [-0.15, -0.1) is 0 Å². The van der Waals surface area contributed by atoms with Crippen LogP contribution in [0.2, 0.25) is 5.02 Å². The molecule has 1 aromatic carbocycles. The van der Waals surface area contributed by atoms with Crippen molar-refractivity contribution >= 4 is 47.2 Å². The molecule has 3 N–H and O–H groups in total. The zero-order valence-electron chi connectivity index (χ0n) is 21.1. The molecule has 0 saturated carbocycles. The molecule has 1 unspecified atom stereocenters. The van der Waals surface area contributed by atoms with E-state index in [0.29, 0.717) is 42.0 Å². The van der Waals surface area contributed by atoms with Gasteiger partial charge in [-0.1, -0.05) is 11.6 Å². The molecule has 38 heavy (non-hydrogen) atoms. The number of nitrogens with one attached hydrogen (secondary N) is 3. The Morgan fingerprint density at radius 3 is 2.74 bits per heavy atom. The van der Waals surface area contributed by atoms with Crippen molar-refractivity contribution in [2.45, 2.75) is 44.2 Å². The van der Waals surface area contributed by atoms with Crippen molar-refractivity contribution in [3.63, 3.8) is 0 Å². The maximum absolute atomic E-state index is 12.9. The highest BCUT2D eigenvalue weighted by molar-refractivity contribution is 6.32. The number of nitrogens with zero attached hydrogens (tertiary/aromatic N) is 5. The first-order valence-electron chi connectivity index (χ1n) is 13.1. The first-order valence-corrected chi connectivity index (χ1v) is 13.5. The maximum atomic E-state index is 12.9. The molecule has 5 rings (SSSR count). The molecule has 2 fully saturated rings. The van der Waals surface area contributed by atoms with Crippen LogP contribution in [0.3, 0.4) is 0 Å². The van der Waals surface area contributed by atoms with Crippen molar-refractivity contribution in [3.8, 4) is 0 Å². The molecule has 3 aliphatic rings. The lowest BCUT2D eigenvalue weighted by Gasteiger charge is -2.33. The van der Waals surface area contributed by atoms with E-state index < -0.39 is 0 Å².